The first-order chi connectivity index (χ1) is 19.4. The molecule has 3 aromatic rings. The average Bonchev–Trinajstić information content (AvgIpc) is 2.91. The van der Waals surface area contributed by atoms with Gasteiger partial charge in [-0.1, -0.05) is 0 Å². The number of nitrogens with zero attached hydrogens (tertiary/aromatic N) is 6. The van der Waals surface area contributed by atoms with Crippen LogP contribution in [-0.2, 0) is 4.74 Å². The van der Waals surface area contributed by atoms with Gasteiger partial charge >= 0.3 is 0 Å². The van der Waals surface area contributed by atoms with E-state index in [1.54, 1.807) is 0 Å². The topological polar surface area (TPSA) is 66.7 Å². The second-order valence-corrected chi connectivity index (χ2v) is 11.1. The standard InChI is InChI=1S/C29H34F4N6O2/c1-16-12-37(13-17(2)36(16)5)23-9-22(30)25(26(31)27(23)39-7-6-20(28(32)33)8-24(39)40)21-10-34-29(35-11-21)38-14-18(3)41-19(4)15-38/h6-11,16-19,28H,12-15H2,1-5H3/t16-,17+,18-,19-/m0/s1. The van der Waals surface area contributed by atoms with Gasteiger partial charge in [-0.15, -0.1) is 0 Å². The molecule has 4 atom stereocenters. The van der Waals surface area contributed by atoms with Crippen LogP contribution in [0.25, 0.3) is 16.8 Å². The molecular formula is C29H34F4N6O2. The molecule has 2 fully saturated rings. The van der Waals surface area contributed by atoms with E-state index in [-0.39, 0.29) is 41.2 Å². The minimum absolute atomic E-state index is 0.0261. The molecular weight excluding hydrogens is 540 g/mol. The van der Waals surface area contributed by atoms with Gasteiger partial charge in [0.2, 0.25) is 5.95 Å². The first-order valence-electron chi connectivity index (χ1n) is 13.7. The Morgan fingerprint density at radius 2 is 1.54 bits per heavy atom. The maximum Gasteiger partial charge on any atom is 0.264 e. The number of halogens is 4. The maximum absolute atomic E-state index is 16.5. The largest absolute Gasteiger partial charge is 0.372 e. The zero-order valence-electron chi connectivity index (χ0n) is 23.7. The van der Waals surface area contributed by atoms with E-state index >= 15 is 8.78 Å². The molecule has 0 aliphatic carbocycles. The number of hydrogen-bond acceptors (Lipinski definition) is 7. The van der Waals surface area contributed by atoms with Crippen LogP contribution in [0.2, 0.25) is 0 Å². The van der Waals surface area contributed by atoms with E-state index in [1.165, 1.54) is 18.5 Å². The molecule has 220 valence electrons. The van der Waals surface area contributed by atoms with Crippen molar-refractivity contribution in [1.82, 2.24) is 19.4 Å². The maximum atomic E-state index is 16.5. The van der Waals surface area contributed by atoms with Crippen LogP contribution in [-0.4, -0.2) is 77.0 Å². The van der Waals surface area contributed by atoms with Crippen molar-refractivity contribution in [2.24, 2.45) is 0 Å². The monoisotopic (exact) mass is 574 g/mol. The summed E-state index contributed by atoms with van der Waals surface area (Å²) in [6.07, 6.45) is 0.888. The third kappa shape index (κ3) is 5.67. The highest BCUT2D eigenvalue weighted by atomic mass is 19.3. The highest BCUT2D eigenvalue weighted by molar-refractivity contribution is 5.75. The van der Waals surface area contributed by atoms with Crippen LogP contribution < -0.4 is 15.4 Å². The van der Waals surface area contributed by atoms with Crippen LogP contribution in [0.4, 0.5) is 29.2 Å². The van der Waals surface area contributed by atoms with E-state index in [2.05, 4.69) is 14.9 Å². The third-order valence-corrected chi connectivity index (χ3v) is 7.94. The van der Waals surface area contributed by atoms with Gasteiger partial charge in [-0.3, -0.25) is 14.3 Å². The van der Waals surface area contributed by atoms with Gasteiger partial charge in [0.05, 0.1) is 23.5 Å². The molecule has 0 saturated carbocycles. The van der Waals surface area contributed by atoms with Gasteiger partial charge in [0.25, 0.3) is 12.0 Å². The van der Waals surface area contributed by atoms with Crippen LogP contribution in [0.1, 0.15) is 39.7 Å². The molecule has 0 N–H and O–H groups in total. The third-order valence-electron chi connectivity index (χ3n) is 7.94. The predicted octanol–water partition coefficient (Wildman–Crippen LogP) is 4.65. The molecule has 4 heterocycles. The Hall–Kier alpha value is -3.51. The van der Waals surface area contributed by atoms with E-state index < -0.39 is 34.7 Å². The highest BCUT2D eigenvalue weighted by Gasteiger charge is 2.32. The SMILES string of the molecule is C[C@@H]1CN(c2cc(F)c(-c3cnc(N4C[C@H](C)O[C@@H](C)C4)nc3)c(F)c2-n2ccc(C(F)F)cc2=O)C[C@H](C)N1C. The minimum atomic E-state index is -2.86. The summed E-state index contributed by atoms with van der Waals surface area (Å²) in [6.45, 7) is 9.94. The average molecular weight is 575 g/mol. The summed E-state index contributed by atoms with van der Waals surface area (Å²) in [5.41, 5.74) is -1.69. The number of piperazine rings is 1. The van der Waals surface area contributed by atoms with E-state index in [4.69, 9.17) is 4.74 Å². The fourth-order valence-electron chi connectivity index (χ4n) is 5.70. The van der Waals surface area contributed by atoms with Gasteiger partial charge in [0, 0.05) is 80.1 Å². The molecule has 2 saturated heterocycles. The quantitative estimate of drug-likeness (QED) is 0.411. The molecule has 0 amide bonds. The summed E-state index contributed by atoms with van der Waals surface area (Å²) in [4.78, 5) is 27.7. The van der Waals surface area contributed by atoms with Gasteiger partial charge in [-0.2, -0.15) is 0 Å². The van der Waals surface area contributed by atoms with E-state index in [0.29, 0.717) is 32.1 Å². The van der Waals surface area contributed by atoms with Crippen LogP contribution in [0, 0.1) is 11.6 Å². The molecule has 2 aliphatic rings. The molecule has 8 nitrogen and oxygen atoms in total. The first kappa shape index (κ1) is 29.0. The minimum Gasteiger partial charge on any atom is -0.372 e. The number of aromatic nitrogens is 3. The Morgan fingerprint density at radius 1 is 0.927 bits per heavy atom. The number of pyridine rings is 1. The fraction of sp³-hybridized carbons (Fsp3) is 0.483. The van der Waals surface area contributed by atoms with Crippen LogP contribution >= 0.6 is 0 Å². The summed E-state index contributed by atoms with van der Waals surface area (Å²) in [5.74, 6) is -1.44. The van der Waals surface area contributed by atoms with Gasteiger partial charge in [0.15, 0.2) is 5.82 Å². The van der Waals surface area contributed by atoms with E-state index in [1.807, 2.05) is 44.5 Å². The smallest absolute Gasteiger partial charge is 0.264 e. The van der Waals surface area contributed by atoms with Gasteiger partial charge in [-0.25, -0.2) is 27.5 Å². The number of ether oxygens (including phenoxy) is 1. The highest BCUT2D eigenvalue weighted by Crippen LogP contribution is 2.37. The van der Waals surface area contributed by atoms with Crippen molar-refractivity contribution in [1.29, 1.82) is 0 Å². The lowest BCUT2D eigenvalue weighted by Gasteiger charge is -2.44. The normalized spacial score (nSPS) is 23.9. The Labute approximate surface area is 236 Å². The molecule has 0 radical (unpaired) electrons. The molecule has 2 aliphatic heterocycles. The van der Waals surface area contributed by atoms with Crippen molar-refractivity contribution in [2.45, 2.75) is 58.4 Å². The predicted molar refractivity (Wildman–Crippen MR) is 149 cm³/mol. The lowest BCUT2D eigenvalue weighted by atomic mass is 10.0. The van der Waals surface area contributed by atoms with E-state index in [0.717, 1.165) is 22.9 Å². The molecule has 0 spiro atoms. The first-order valence-corrected chi connectivity index (χ1v) is 13.7. The second-order valence-electron chi connectivity index (χ2n) is 11.1. The lowest BCUT2D eigenvalue weighted by molar-refractivity contribution is -0.00572. The van der Waals surface area contributed by atoms with Crippen molar-refractivity contribution < 1.29 is 22.3 Å². The van der Waals surface area contributed by atoms with Gasteiger partial charge in [-0.05, 0) is 40.8 Å². The lowest BCUT2D eigenvalue weighted by Crippen LogP contribution is -2.55. The van der Waals surface area contributed by atoms with Crippen LogP contribution in [0.5, 0.6) is 0 Å². The fourth-order valence-corrected chi connectivity index (χ4v) is 5.70. The number of alkyl halides is 2. The summed E-state index contributed by atoms with van der Waals surface area (Å²) < 4.78 is 65.6. The van der Waals surface area contributed by atoms with Gasteiger partial charge in [0.1, 0.15) is 11.5 Å². The zero-order valence-corrected chi connectivity index (χ0v) is 23.7. The van der Waals surface area contributed by atoms with Crippen LogP contribution in [0.15, 0.2) is 41.6 Å². The number of rotatable bonds is 5. The van der Waals surface area contributed by atoms with Crippen molar-refractivity contribution >= 4 is 11.6 Å². The zero-order chi connectivity index (χ0) is 29.6. The summed E-state index contributed by atoms with van der Waals surface area (Å²) in [7, 11) is 1.98. The summed E-state index contributed by atoms with van der Waals surface area (Å²) >= 11 is 0. The van der Waals surface area contributed by atoms with Crippen molar-refractivity contribution in [3.63, 3.8) is 0 Å². The Kier molecular flexibility index (Phi) is 8.06. The Bertz CT molecular complexity index is 1440. The second kappa shape index (κ2) is 11.4. The molecule has 1 aromatic carbocycles. The molecule has 5 rings (SSSR count). The van der Waals surface area contributed by atoms with Crippen molar-refractivity contribution in [3.05, 3.63) is 64.3 Å². The number of benzene rings is 1. The van der Waals surface area contributed by atoms with Crippen molar-refractivity contribution in [3.8, 4) is 16.8 Å². The Balaban J connectivity index is 1.62. The summed E-state index contributed by atoms with van der Waals surface area (Å²) in [5, 5.41) is 0. The number of likely N-dealkylation sites (N-methyl/N-ethyl adjacent to an activating group) is 1. The van der Waals surface area contributed by atoms with Gasteiger partial charge < -0.3 is 14.5 Å². The number of morpholine rings is 1. The Morgan fingerprint density at radius 3 is 2.10 bits per heavy atom. The van der Waals surface area contributed by atoms with E-state index in [9.17, 15) is 13.6 Å². The number of anilines is 2. The molecule has 2 aromatic heterocycles. The number of hydrogen-bond donors (Lipinski definition) is 0. The van der Waals surface area contributed by atoms with Crippen molar-refractivity contribution in [2.75, 3.05) is 43.0 Å². The molecule has 0 unspecified atom stereocenters. The molecule has 0 bridgehead atoms. The molecule has 12 heteroatoms. The molecule has 41 heavy (non-hydrogen) atoms. The van der Waals surface area contributed by atoms with Crippen LogP contribution in [0.3, 0.4) is 0 Å². The summed E-state index contributed by atoms with van der Waals surface area (Å²) in [6, 6.07) is 3.15.